The van der Waals surface area contributed by atoms with Gasteiger partial charge in [-0.05, 0) is 85.4 Å². The maximum atomic E-state index is 2.70. The zero-order chi connectivity index (χ0) is 18.4. The molecule has 0 unspecified atom stereocenters. The zero-order valence-electron chi connectivity index (χ0n) is 18.2. The van der Waals surface area contributed by atoms with Crippen LogP contribution in [0.1, 0.15) is 99.8 Å². The molecule has 6 atom stereocenters. The lowest BCUT2D eigenvalue weighted by Gasteiger charge is -2.56. The molecule has 0 N–H and O–H groups in total. The number of fused-ring (bicyclic) bond motifs is 3. The maximum Gasteiger partial charge on any atom is -0.0116 e. The van der Waals surface area contributed by atoms with Crippen LogP contribution in [0.4, 0.5) is 0 Å². The molecule has 3 rings (SSSR count). The molecule has 144 valence electrons. The third kappa shape index (κ3) is 3.37. The Kier molecular flexibility index (Phi) is 5.50. The normalized spacial score (nSPS) is 41.2. The van der Waals surface area contributed by atoms with Crippen LogP contribution in [-0.4, -0.2) is 0 Å². The second-order valence-electron chi connectivity index (χ2n) is 11.3. The van der Waals surface area contributed by atoms with Gasteiger partial charge in [-0.1, -0.05) is 72.5 Å². The van der Waals surface area contributed by atoms with E-state index in [0.29, 0.717) is 10.8 Å². The van der Waals surface area contributed by atoms with Crippen molar-refractivity contribution in [3.8, 4) is 0 Å². The van der Waals surface area contributed by atoms with E-state index in [1.54, 1.807) is 5.57 Å². The molecule has 0 heteroatoms. The minimum atomic E-state index is 0.436. The number of allylic oxidation sites excluding steroid dienone is 2. The van der Waals surface area contributed by atoms with E-state index in [-0.39, 0.29) is 0 Å². The predicted molar refractivity (Wildman–Crippen MR) is 111 cm³/mol. The Balaban J connectivity index is 1.72. The van der Waals surface area contributed by atoms with Gasteiger partial charge in [-0.15, -0.1) is 0 Å². The molecular formula is C25H44. The molecule has 0 aromatic carbocycles. The number of hydrogen-bond donors (Lipinski definition) is 0. The van der Waals surface area contributed by atoms with E-state index in [9.17, 15) is 0 Å². The van der Waals surface area contributed by atoms with E-state index in [2.05, 4.69) is 54.5 Å². The molecule has 0 aromatic rings. The van der Waals surface area contributed by atoms with Gasteiger partial charge in [0.15, 0.2) is 0 Å². The van der Waals surface area contributed by atoms with Gasteiger partial charge in [0.1, 0.15) is 0 Å². The molecule has 0 amide bonds. The molecule has 0 spiro atoms. The van der Waals surface area contributed by atoms with Crippen molar-refractivity contribution in [2.75, 3.05) is 0 Å². The maximum absolute atomic E-state index is 2.70. The van der Waals surface area contributed by atoms with E-state index in [4.69, 9.17) is 0 Å². The summed E-state index contributed by atoms with van der Waals surface area (Å²) >= 11 is 0. The molecule has 0 bridgehead atoms. The van der Waals surface area contributed by atoms with Gasteiger partial charge in [0.2, 0.25) is 0 Å². The second kappa shape index (κ2) is 7.05. The van der Waals surface area contributed by atoms with Crippen molar-refractivity contribution in [2.45, 2.75) is 99.8 Å². The molecule has 3 aliphatic carbocycles. The summed E-state index contributed by atoms with van der Waals surface area (Å²) in [5.41, 5.74) is 2.73. The van der Waals surface area contributed by atoms with Gasteiger partial charge < -0.3 is 0 Å². The first kappa shape index (κ1) is 19.5. The lowest BCUT2D eigenvalue weighted by Crippen LogP contribution is -2.48. The van der Waals surface area contributed by atoms with Crippen molar-refractivity contribution >= 4 is 0 Å². The van der Waals surface area contributed by atoms with Crippen LogP contribution in [0.2, 0.25) is 0 Å². The molecule has 2 fully saturated rings. The van der Waals surface area contributed by atoms with E-state index >= 15 is 0 Å². The van der Waals surface area contributed by atoms with Crippen LogP contribution in [0.3, 0.4) is 0 Å². The molecule has 0 aliphatic heterocycles. The average Bonchev–Trinajstić information content (AvgIpc) is 2.88. The molecule has 2 saturated carbocycles. The summed E-state index contributed by atoms with van der Waals surface area (Å²) in [5, 5.41) is 0. The minimum Gasteiger partial charge on any atom is -0.0848 e. The van der Waals surface area contributed by atoms with Gasteiger partial charge in [-0.2, -0.15) is 0 Å². The lowest BCUT2D eigenvalue weighted by molar-refractivity contribution is -0.0391. The highest BCUT2D eigenvalue weighted by atomic mass is 14.6. The Morgan fingerprint density at radius 1 is 1.00 bits per heavy atom. The summed E-state index contributed by atoms with van der Waals surface area (Å²) in [7, 11) is 0. The van der Waals surface area contributed by atoms with Gasteiger partial charge in [0, 0.05) is 0 Å². The first-order valence-electron chi connectivity index (χ1n) is 11.3. The summed E-state index contributed by atoms with van der Waals surface area (Å²) < 4.78 is 0. The molecule has 0 heterocycles. The van der Waals surface area contributed by atoms with Gasteiger partial charge >= 0.3 is 0 Å². The third-order valence-electron chi connectivity index (χ3n) is 9.28. The lowest BCUT2D eigenvalue weighted by atomic mass is 9.49. The average molecular weight is 345 g/mol. The molecule has 25 heavy (non-hydrogen) atoms. The van der Waals surface area contributed by atoms with Crippen molar-refractivity contribution in [1.82, 2.24) is 0 Å². The molecule has 0 saturated heterocycles. The Morgan fingerprint density at radius 3 is 2.40 bits per heavy atom. The Bertz CT molecular complexity index is 496. The molecule has 0 nitrogen and oxygen atoms in total. The summed E-state index contributed by atoms with van der Waals surface area (Å²) in [5.74, 6) is 5.68. The van der Waals surface area contributed by atoms with Crippen LogP contribution in [0.25, 0.3) is 0 Å². The number of rotatable bonds is 5. The van der Waals surface area contributed by atoms with Crippen molar-refractivity contribution in [3.63, 3.8) is 0 Å². The quantitative estimate of drug-likeness (QED) is 0.445. The van der Waals surface area contributed by atoms with Crippen molar-refractivity contribution < 1.29 is 0 Å². The number of hydrogen-bond acceptors (Lipinski definition) is 0. The third-order valence-corrected chi connectivity index (χ3v) is 9.28. The van der Waals surface area contributed by atoms with Crippen molar-refractivity contribution in [2.24, 2.45) is 46.3 Å². The highest BCUT2D eigenvalue weighted by Crippen LogP contribution is 2.65. The molecule has 0 radical (unpaired) electrons. The summed E-state index contributed by atoms with van der Waals surface area (Å²) in [6, 6.07) is 0. The van der Waals surface area contributed by atoms with Gasteiger partial charge in [-0.25, -0.2) is 0 Å². The smallest absolute Gasteiger partial charge is 0.0116 e. The Labute approximate surface area is 158 Å². The van der Waals surface area contributed by atoms with Crippen LogP contribution >= 0.6 is 0 Å². The van der Waals surface area contributed by atoms with Crippen molar-refractivity contribution in [3.05, 3.63) is 11.6 Å². The highest BCUT2D eigenvalue weighted by Gasteiger charge is 2.57. The molecular weight excluding hydrogens is 300 g/mol. The summed E-state index contributed by atoms with van der Waals surface area (Å²) in [6.07, 6.45) is 14.3. The monoisotopic (exact) mass is 344 g/mol. The fourth-order valence-corrected chi connectivity index (χ4v) is 7.41. The second-order valence-corrected chi connectivity index (χ2v) is 11.3. The fourth-order valence-electron chi connectivity index (χ4n) is 7.41. The first-order valence-corrected chi connectivity index (χ1v) is 11.3. The van der Waals surface area contributed by atoms with Crippen LogP contribution in [0.15, 0.2) is 11.6 Å². The highest BCUT2D eigenvalue weighted by molar-refractivity contribution is 5.20. The van der Waals surface area contributed by atoms with Crippen molar-refractivity contribution in [1.29, 1.82) is 0 Å². The standard InChI is InChI=1S/C25H44/c1-17(2)9-8-10-18(3)21-13-14-23-20-12-11-19(4)24(5,6)22(20)15-16-25(21,23)7/h11,17-18,20-23H,8-10,12-16H2,1-7H3/t18-,20-,21-,22+,23+,25-/m1/s1. The predicted octanol–water partition coefficient (Wildman–Crippen LogP) is 7.88. The van der Waals surface area contributed by atoms with E-state index in [1.165, 1.54) is 51.4 Å². The van der Waals surface area contributed by atoms with Gasteiger partial charge in [0.05, 0.1) is 0 Å². The summed E-state index contributed by atoms with van der Waals surface area (Å²) in [4.78, 5) is 0. The zero-order valence-corrected chi connectivity index (χ0v) is 18.2. The Hall–Kier alpha value is -0.260. The molecule has 0 aromatic heterocycles. The van der Waals surface area contributed by atoms with Crippen LogP contribution in [-0.2, 0) is 0 Å². The van der Waals surface area contributed by atoms with Crippen LogP contribution in [0.5, 0.6) is 0 Å². The van der Waals surface area contributed by atoms with E-state index < -0.39 is 0 Å². The summed E-state index contributed by atoms with van der Waals surface area (Å²) in [6.45, 7) is 17.5. The van der Waals surface area contributed by atoms with E-state index in [1.807, 2.05) is 0 Å². The van der Waals surface area contributed by atoms with Crippen LogP contribution < -0.4 is 0 Å². The van der Waals surface area contributed by atoms with E-state index in [0.717, 1.165) is 35.5 Å². The Morgan fingerprint density at radius 2 is 1.72 bits per heavy atom. The largest absolute Gasteiger partial charge is 0.0848 e. The fraction of sp³-hybridized carbons (Fsp3) is 0.920. The minimum absolute atomic E-state index is 0.436. The SMILES string of the molecule is CC1=CC[C@@H]2[C@H](CC[C@]3(C)[C@@H]([C@H](C)CCCC(C)C)CC[C@@H]23)C1(C)C. The van der Waals surface area contributed by atoms with Gasteiger partial charge in [-0.3, -0.25) is 0 Å². The topological polar surface area (TPSA) is 0 Å². The first-order chi connectivity index (χ1) is 11.7. The van der Waals surface area contributed by atoms with Crippen LogP contribution in [0, 0.1) is 46.3 Å². The molecule has 3 aliphatic rings. The van der Waals surface area contributed by atoms with Gasteiger partial charge in [0.25, 0.3) is 0 Å².